The molecular weight excluding hydrogens is 334 g/mol. The second-order valence-corrected chi connectivity index (χ2v) is 6.37. The summed E-state index contributed by atoms with van der Waals surface area (Å²) in [6.07, 6.45) is 3.72. The highest BCUT2D eigenvalue weighted by atomic mass is 79.9. The Labute approximate surface area is 131 Å². The Morgan fingerprint density at radius 3 is 3.05 bits per heavy atom. The molecule has 4 nitrogen and oxygen atoms in total. The number of fused-ring (bicyclic) bond motifs is 1. The number of furan rings is 1. The van der Waals surface area contributed by atoms with E-state index in [0.717, 1.165) is 35.7 Å². The molecule has 2 aromatic rings. The van der Waals surface area contributed by atoms with E-state index in [9.17, 15) is 4.79 Å². The fraction of sp³-hybridized carbons (Fsp3) is 0.438. The molecule has 0 bridgehead atoms. The molecule has 0 aliphatic carbocycles. The average molecular weight is 352 g/mol. The third kappa shape index (κ3) is 2.99. The van der Waals surface area contributed by atoms with Gasteiger partial charge in [-0.2, -0.15) is 0 Å². The summed E-state index contributed by atoms with van der Waals surface area (Å²) in [7, 11) is 0. The summed E-state index contributed by atoms with van der Waals surface area (Å²) in [4.78, 5) is 14.5. The fourth-order valence-electron chi connectivity index (χ4n) is 2.97. The van der Waals surface area contributed by atoms with Crippen molar-refractivity contribution in [2.45, 2.75) is 31.7 Å². The van der Waals surface area contributed by atoms with E-state index in [4.69, 9.17) is 9.52 Å². The summed E-state index contributed by atoms with van der Waals surface area (Å²) < 4.78 is 6.64. The smallest absolute Gasteiger partial charge is 0.289 e. The lowest BCUT2D eigenvalue weighted by atomic mass is 9.99. The van der Waals surface area contributed by atoms with Crippen LogP contribution in [0.2, 0.25) is 0 Å². The highest BCUT2D eigenvalue weighted by Gasteiger charge is 2.28. The molecule has 0 spiro atoms. The Morgan fingerprint density at radius 2 is 2.24 bits per heavy atom. The molecule has 1 fully saturated rings. The number of aliphatic hydroxyl groups excluding tert-OH is 1. The van der Waals surface area contributed by atoms with Gasteiger partial charge in [0, 0.05) is 29.1 Å². The van der Waals surface area contributed by atoms with Crippen LogP contribution in [0.15, 0.2) is 33.2 Å². The summed E-state index contributed by atoms with van der Waals surface area (Å²) in [5, 5.41) is 10.1. The van der Waals surface area contributed by atoms with Gasteiger partial charge < -0.3 is 14.4 Å². The number of hydrogen-bond acceptors (Lipinski definition) is 3. The minimum atomic E-state index is -0.0690. The molecule has 3 rings (SSSR count). The van der Waals surface area contributed by atoms with Crippen molar-refractivity contribution in [2.24, 2.45) is 0 Å². The van der Waals surface area contributed by atoms with Gasteiger partial charge in [-0.25, -0.2) is 0 Å². The first kappa shape index (κ1) is 14.6. The van der Waals surface area contributed by atoms with Crippen molar-refractivity contribution in [2.75, 3.05) is 13.2 Å². The van der Waals surface area contributed by atoms with Crippen LogP contribution in [0.4, 0.5) is 0 Å². The van der Waals surface area contributed by atoms with E-state index in [2.05, 4.69) is 15.9 Å². The van der Waals surface area contributed by atoms with Gasteiger partial charge in [0.15, 0.2) is 5.76 Å². The van der Waals surface area contributed by atoms with Gasteiger partial charge in [-0.3, -0.25) is 4.79 Å². The number of rotatable bonds is 3. The SMILES string of the molecule is O=C(c1cc2ccc(Br)cc2o1)N1CCCCC1CCO. The van der Waals surface area contributed by atoms with Crippen molar-refractivity contribution in [1.29, 1.82) is 0 Å². The van der Waals surface area contributed by atoms with Gasteiger partial charge in [-0.1, -0.05) is 15.9 Å². The van der Waals surface area contributed by atoms with Crippen molar-refractivity contribution in [3.63, 3.8) is 0 Å². The number of aliphatic hydroxyl groups is 1. The highest BCUT2D eigenvalue weighted by molar-refractivity contribution is 9.10. The average Bonchev–Trinajstić information content (AvgIpc) is 2.90. The van der Waals surface area contributed by atoms with Gasteiger partial charge >= 0.3 is 0 Å². The summed E-state index contributed by atoms with van der Waals surface area (Å²) in [5.41, 5.74) is 0.712. The van der Waals surface area contributed by atoms with Crippen LogP contribution < -0.4 is 0 Å². The Hall–Kier alpha value is -1.33. The molecule has 21 heavy (non-hydrogen) atoms. The van der Waals surface area contributed by atoms with Crippen LogP contribution in [0.25, 0.3) is 11.0 Å². The van der Waals surface area contributed by atoms with Crippen LogP contribution in [0, 0.1) is 0 Å². The van der Waals surface area contributed by atoms with E-state index < -0.39 is 0 Å². The van der Waals surface area contributed by atoms with Crippen molar-refractivity contribution in [3.8, 4) is 0 Å². The number of carbonyl (C=O) groups is 1. The number of carbonyl (C=O) groups excluding carboxylic acids is 1. The zero-order chi connectivity index (χ0) is 14.8. The molecule has 1 saturated heterocycles. The molecule has 1 atom stereocenters. The van der Waals surface area contributed by atoms with E-state index >= 15 is 0 Å². The molecule has 0 radical (unpaired) electrons. The first-order valence-electron chi connectivity index (χ1n) is 7.30. The van der Waals surface area contributed by atoms with Crippen LogP contribution in [-0.4, -0.2) is 35.1 Å². The van der Waals surface area contributed by atoms with E-state index in [1.165, 1.54) is 0 Å². The number of nitrogens with zero attached hydrogens (tertiary/aromatic N) is 1. The van der Waals surface area contributed by atoms with Crippen molar-refractivity contribution in [3.05, 3.63) is 34.5 Å². The molecule has 2 heterocycles. The van der Waals surface area contributed by atoms with E-state index in [0.29, 0.717) is 17.8 Å². The summed E-state index contributed by atoms with van der Waals surface area (Å²) in [6, 6.07) is 7.65. The fourth-order valence-corrected chi connectivity index (χ4v) is 3.31. The largest absolute Gasteiger partial charge is 0.451 e. The first-order chi connectivity index (χ1) is 10.2. The number of piperidine rings is 1. The maximum atomic E-state index is 12.7. The minimum Gasteiger partial charge on any atom is -0.451 e. The highest BCUT2D eigenvalue weighted by Crippen LogP contribution is 2.27. The van der Waals surface area contributed by atoms with Crippen molar-refractivity contribution < 1.29 is 14.3 Å². The number of hydrogen-bond donors (Lipinski definition) is 1. The topological polar surface area (TPSA) is 53.7 Å². The van der Waals surface area contributed by atoms with Crippen molar-refractivity contribution >= 4 is 32.8 Å². The number of benzene rings is 1. The van der Waals surface area contributed by atoms with Crippen LogP contribution >= 0.6 is 15.9 Å². The predicted molar refractivity (Wildman–Crippen MR) is 84.3 cm³/mol. The predicted octanol–water partition coefficient (Wildman–Crippen LogP) is 3.57. The van der Waals surface area contributed by atoms with Crippen LogP contribution in [0.5, 0.6) is 0 Å². The lowest BCUT2D eigenvalue weighted by Crippen LogP contribution is -2.44. The molecule has 1 aliphatic rings. The van der Waals surface area contributed by atoms with E-state index in [1.807, 2.05) is 23.1 Å². The molecule has 112 valence electrons. The Bertz CT molecular complexity index is 650. The standard InChI is InChI=1S/C16H18BrNO3/c17-12-5-4-11-9-15(21-14(11)10-12)16(20)18-7-2-1-3-13(18)6-8-19/h4-5,9-10,13,19H,1-3,6-8H2. The quantitative estimate of drug-likeness (QED) is 0.919. The molecule has 1 aliphatic heterocycles. The minimum absolute atomic E-state index is 0.0690. The third-order valence-electron chi connectivity index (χ3n) is 4.04. The zero-order valence-corrected chi connectivity index (χ0v) is 13.3. The number of likely N-dealkylation sites (tertiary alicyclic amines) is 1. The second kappa shape index (κ2) is 6.20. The van der Waals surface area contributed by atoms with E-state index in [-0.39, 0.29) is 18.6 Å². The summed E-state index contributed by atoms with van der Waals surface area (Å²) in [5.74, 6) is 0.313. The summed E-state index contributed by atoms with van der Waals surface area (Å²) in [6.45, 7) is 0.853. The zero-order valence-electron chi connectivity index (χ0n) is 11.7. The number of halogens is 1. The van der Waals surface area contributed by atoms with Crippen molar-refractivity contribution in [1.82, 2.24) is 4.90 Å². The van der Waals surface area contributed by atoms with Crippen LogP contribution in [-0.2, 0) is 0 Å². The molecule has 1 amide bonds. The van der Waals surface area contributed by atoms with Gasteiger partial charge in [0.25, 0.3) is 5.91 Å². The number of amides is 1. The normalized spacial score (nSPS) is 19.1. The molecule has 1 unspecified atom stereocenters. The molecule has 1 N–H and O–H groups in total. The van der Waals surface area contributed by atoms with Crippen LogP contribution in [0.1, 0.15) is 36.2 Å². The van der Waals surface area contributed by atoms with Gasteiger partial charge in [-0.15, -0.1) is 0 Å². The summed E-state index contributed by atoms with van der Waals surface area (Å²) >= 11 is 3.40. The third-order valence-corrected chi connectivity index (χ3v) is 4.54. The Balaban J connectivity index is 1.87. The lowest BCUT2D eigenvalue weighted by Gasteiger charge is -2.34. The lowest BCUT2D eigenvalue weighted by molar-refractivity contribution is 0.0545. The monoisotopic (exact) mass is 351 g/mol. The van der Waals surface area contributed by atoms with Gasteiger partial charge in [-0.05, 0) is 49.9 Å². The molecule has 5 heteroatoms. The second-order valence-electron chi connectivity index (χ2n) is 5.45. The van der Waals surface area contributed by atoms with Gasteiger partial charge in [0.05, 0.1) is 0 Å². The maximum absolute atomic E-state index is 12.7. The molecule has 1 aromatic heterocycles. The van der Waals surface area contributed by atoms with Gasteiger partial charge in [0.2, 0.25) is 0 Å². The van der Waals surface area contributed by atoms with Crippen LogP contribution in [0.3, 0.4) is 0 Å². The maximum Gasteiger partial charge on any atom is 0.289 e. The van der Waals surface area contributed by atoms with Gasteiger partial charge in [0.1, 0.15) is 5.58 Å². The van der Waals surface area contributed by atoms with E-state index in [1.54, 1.807) is 6.07 Å². The molecular formula is C16H18BrNO3. The molecule has 0 saturated carbocycles. The Kier molecular flexibility index (Phi) is 4.31. The first-order valence-corrected chi connectivity index (χ1v) is 8.09. The molecule has 1 aromatic carbocycles. The Morgan fingerprint density at radius 1 is 1.38 bits per heavy atom.